The molecule has 0 bridgehead atoms. The summed E-state index contributed by atoms with van der Waals surface area (Å²) in [7, 11) is 0. The van der Waals surface area contributed by atoms with Crippen LogP contribution in [0.15, 0.2) is 23.7 Å². The van der Waals surface area contributed by atoms with Gasteiger partial charge in [0.2, 0.25) is 0 Å². The summed E-state index contributed by atoms with van der Waals surface area (Å²) >= 11 is 1.53. The summed E-state index contributed by atoms with van der Waals surface area (Å²) < 4.78 is 1.06. The minimum atomic E-state index is -1.41. The number of thiazole rings is 1. The molecule has 1 aromatic heterocycles. The number of nitrogens with zero attached hydrogens (tertiary/aromatic N) is 1. The van der Waals surface area contributed by atoms with Crippen molar-refractivity contribution in [3.63, 3.8) is 0 Å². The van der Waals surface area contributed by atoms with E-state index in [0.717, 1.165) is 10.2 Å². The Bertz CT molecular complexity index is 397. The van der Waals surface area contributed by atoms with Crippen LogP contribution in [0.3, 0.4) is 0 Å². The monoisotopic (exact) mass is 181 g/mol. The third-order valence-electron chi connectivity index (χ3n) is 1.65. The van der Waals surface area contributed by atoms with Crippen LogP contribution >= 0.6 is 11.3 Å². The minimum absolute atomic E-state index is 0.480. The van der Waals surface area contributed by atoms with Crippen molar-refractivity contribution in [2.24, 2.45) is 0 Å². The smallest absolute Gasteiger partial charge is 0.178 e. The van der Waals surface area contributed by atoms with Gasteiger partial charge in [0.1, 0.15) is 0 Å². The van der Waals surface area contributed by atoms with Gasteiger partial charge in [0, 0.05) is 5.56 Å². The number of hydrogen-bond donors (Lipinski definition) is 2. The van der Waals surface area contributed by atoms with E-state index < -0.39 is 6.29 Å². The Kier molecular flexibility index (Phi) is 1.80. The summed E-state index contributed by atoms with van der Waals surface area (Å²) in [6.45, 7) is 0. The number of aliphatic hydroxyl groups excluding tert-OH is 1. The normalized spacial score (nSPS) is 11.2. The van der Waals surface area contributed by atoms with Crippen molar-refractivity contribution in [2.75, 3.05) is 0 Å². The third-order valence-corrected chi connectivity index (χ3v) is 2.46. The molecule has 0 aliphatic carbocycles. The molecule has 0 fully saturated rings. The molecule has 2 rings (SSSR count). The molecular weight excluding hydrogens is 174 g/mol. The van der Waals surface area contributed by atoms with Crippen molar-refractivity contribution in [3.8, 4) is 0 Å². The highest BCUT2D eigenvalue weighted by molar-refractivity contribution is 7.16. The molecule has 0 saturated heterocycles. The number of benzene rings is 1. The summed E-state index contributed by atoms with van der Waals surface area (Å²) in [5.74, 6) is 0. The lowest BCUT2D eigenvalue weighted by Gasteiger charge is -2.01. The maximum atomic E-state index is 8.85. The van der Waals surface area contributed by atoms with Gasteiger partial charge in [-0.1, -0.05) is 6.07 Å². The zero-order valence-corrected chi connectivity index (χ0v) is 6.95. The molecule has 62 valence electrons. The summed E-state index contributed by atoms with van der Waals surface area (Å²) in [4.78, 5) is 4.06. The Balaban J connectivity index is 2.60. The van der Waals surface area contributed by atoms with Gasteiger partial charge in [-0.25, -0.2) is 4.98 Å². The first kappa shape index (κ1) is 7.67. The fourth-order valence-electron chi connectivity index (χ4n) is 1.04. The molecule has 0 atom stereocenters. The maximum Gasteiger partial charge on any atom is 0.178 e. The van der Waals surface area contributed by atoms with Crippen LogP contribution in [-0.2, 0) is 0 Å². The fourth-order valence-corrected chi connectivity index (χ4v) is 1.69. The molecular formula is C8H7NO2S. The third kappa shape index (κ3) is 1.20. The van der Waals surface area contributed by atoms with Crippen LogP contribution < -0.4 is 0 Å². The van der Waals surface area contributed by atoms with Gasteiger partial charge in [0.05, 0.1) is 15.7 Å². The van der Waals surface area contributed by atoms with Crippen molar-refractivity contribution in [1.82, 2.24) is 4.98 Å². The second kappa shape index (κ2) is 2.82. The van der Waals surface area contributed by atoms with Crippen LogP contribution in [0.5, 0.6) is 0 Å². The molecule has 1 heterocycles. The molecule has 4 heteroatoms. The highest BCUT2D eigenvalue weighted by Gasteiger charge is 2.03. The standard InChI is InChI=1S/C8H7NO2S/c10-8(11)5-1-2-7-6(3-5)9-4-12-7/h1-4,8,10-11H. The van der Waals surface area contributed by atoms with Crippen molar-refractivity contribution < 1.29 is 10.2 Å². The Labute approximate surface area is 72.9 Å². The molecule has 0 radical (unpaired) electrons. The van der Waals surface area contributed by atoms with Crippen LogP contribution in [-0.4, -0.2) is 15.2 Å². The average Bonchev–Trinajstić information content (AvgIpc) is 2.49. The predicted octanol–water partition coefficient (Wildman–Crippen LogP) is 1.28. The van der Waals surface area contributed by atoms with E-state index in [9.17, 15) is 0 Å². The van der Waals surface area contributed by atoms with Crippen LogP contribution in [0, 0.1) is 0 Å². The van der Waals surface area contributed by atoms with Gasteiger partial charge < -0.3 is 10.2 Å². The summed E-state index contributed by atoms with van der Waals surface area (Å²) in [6.07, 6.45) is -1.41. The Morgan fingerprint density at radius 1 is 1.33 bits per heavy atom. The largest absolute Gasteiger partial charge is 0.364 e. The van der Waals surface area contributed by atoms with E-state index in [4.69, 9.17) is 10.2 Å². The Hall–Kier alpha value is -0.970. The second-order valence-corrected chi connectivity index (χ2v) is 3.34. The quantitative estimate of drug-likeness (QED) is 0.651. The molecule has 0 amide bonds. The van der Waals surface area contributed by atoms with Crippen molar-refractivity contribution in [2.45, 2.75) is 6.29 Å². The van der Waals surface area contributed by atoms with E-state index in [1.165, 1.54) is 11.3 Å². The topological polar surface area (TPSA) is 53.4 Å². The molecule has 0 spiro atoms. The van der Waals surface area contributed by atoms with Crippen molar-refractivity contribution in [3.05, 3.63) is 29.3 Å². The van der Waals surface area contributed by atoms with E-state index in [1.54, 1.807) is 17.6 Å². The van der Waals surface area contributed by atoms with Crippen LogP contribution in [0.25, 0.3) is 10.2 Å². The molecule has 1 aromatic carbocycles. The Morgan fingerprint density at radius 2 is 2.17 bits per heavy atom. The number of aliphatic hydroxyl groups is 2. The second-order valence-electron chi connectivity index (χ2n) is 2.45. The van der Waals surface area contributed by atoms with E-state index in [2.05, 4.69) is 4.98 Å². The molecule has 2 N–H and O–H groups in total. The molecule has 0 aliphatic rings. The van der Waals surface area contributed by atoms with E-state index in [-0.39, 0.29) is 0 Å². The highest BCUT2D eigenvalue weighted by atomic mass is 32.1. The van der Waals surface area contributed by atoms with E-state index in [0.29, 0.717) is 5.56 Å². The van der Waals surface area contributed by atoms with Gasteiger partial charge in [0.15, 0.2) is 6.29 Å². The number of fused-ring (bicyclic) bond motifs is 1. The van der Waals surface area contributed by atoms with Crippen molar-refractivity contribution >= 4 is 21.6 Å². The van der Waals surface area contributed by atoms with Gasteiger partial charge in [-0.05, 0) is 12.1 Å². The lowest BCUT2D eigenvalue weighted by atomic mass is 10.2. The number of rotatable bonds is 1. The summed E-state index contributed by atoms with van der Waals surface area (Å²) in [6, 6.07) is 5.20. The van der Waals surface area contributed by atoms with Gasteiger partial charge in [-0.15, -0.1) is 11.3 Å². The van der Waals surface area contributed by atoms with Crippen LogP contribution in [0.2, 0.25) is 0 Å². The molecule has 3 nitrogen and oxygen atoms in total. The van der Waals surface area contributed by atoms with Crippen LogP contribution in [0.4, 0.5) is 0 Å². The highest BCUT2D eigenvalue weighted by Crippen LogP contribution is 2.21. The first-order valence-electron chi connectivity index (χ1n) is 3.46. The van der Waals surface area contributed by atoms with Crippen molar-refractivity contribution in [1.29, 1.82) is 0 Å². The average molecular weight is 181 g/mol. The van der Waals surface area contributed by atoms with E-state index >= 15 is 0 Å². The molecule has 0 saturated carbocycles. The van der Waals surface area contributed by atoms with Gasteiger partial charge >= 0.3 is 0 Å². The molecule has 2 aromatic rings. The number of aromatic nitrogens is 1. The molecule has 0 aliphatic heterocycles. The number of hydrogen-bond acceptors (Lipinski definition) is 4. The van der Waals surface area contributed by atoms with Gasteiger partial charge in [0.25, 0.3) is 0 Å². The minimum Gasteiger partial charge on any atom is -0.364 e. The van der Waals surface area contributed by atoms with Crippen LogP contribution in [0.1, 0.15) is 11.9 Å². The first-order valence-corrected chi connectivity index (χ1v) is 4.34. The molecule has 0 unspecified atom stereocenters. The fraction of sp³-hybridized carbons (Fsp3) is 0.125. The zero-order chi connectivity index (χ0) is 8.55. The Morgan fingerprint density at radius 3 is 2.92 bits per heavy atom. The van der Waals surface area contributed by atoms with Gasteiger partial charge in [-0.2, -0.15) is 0 Å². The summed E-state index contributed by atoms with van der Waals surface area (Å²) in [5.41, 5.74) is 3.03. The zero-order valence-electron chi connectivity index (χ0n) is 6.14. The van der Waals surface area contributed by atoms with Gasteiger partial charge in [-0.3, -0.25) is 0 Å². The SMILES string of the molecule is OC(O)c1ccc2scnc2c1. The predicted molar refractivity (Wildman–Crippen MR) is 46.8 cm³/mol. The molecule has 12 heavy (non-hydrogen) atoms. The van der Waals surface area contributed by atoms with E-state index in [1.807, 2.05) is 6.07 Å². The lowest BCUT2D eigenvalue weighted by molar-refractivity contribution is -0.0423. The first-order chi connectivity index (χ1) is 5.77. The maximum absolute atomic E-state index is 8.85. The lowest BCUT2D eigenvalue weighted by Crippen LogP contribution is -1.93. The summed E-state index contributed by atoms with van der Waals surface area (Å²) in [5, 5.41) is 17.7.